The fourth-order valence-electron chi connectivity index (χ4n) is 3.73. The van der Waals surface area contributed by atoms with E-state index in [2.05, 4.69) is 30.4 Å². The average molecular weight is 442 g/mol. The second-order valence-electron chi connectivity index (χ2n) is 8.18. The standard InChI is InChI=1S/C21H35N3O5S/c1-7-10-24-12-15(2)20(28-5)13-23(4)21(25)18-11-17(22-30(6,26)27)8-9-19(18)29-14-16(24)3/h8-9,11,15-16,20,22H,7,10,12-14H2,1-6H3/t15-,16-,20+/m1/s1. The van der Waals surface area contributed by atoms with Gasteiger partial charge in [0.1, 0.15) is 12.4 Å². The van der Waals surface area contributed by atoms with Gasteiger partial charge in [0.2, 0.25) is 10.0 Å². The highest BCUT2D eigenvalue weighted by atomic mass is 32.2. The summed E-state index contributed by atoms with van der Waals surface area (Å²) in [7, 11) is -0.0668. The zero-order valence-electron chi connectivity index (χ0n) is 18.8. The van der Waals surface area contributed by atoms with E-state index in [1.165, 1.54) is 6.07 Å². The maximum Gasteiger partial charge on any atom is 0.257 e. The number of carbonyl (C=O) groups is 1. The van der Waals surface area contributed by atoms with E-state index in [1.807, 2.05) is 0 Å². The third-order valence-corrected chi connectivity index (χ3v) is 5.99. The van der Waals surface area contributed by atoms with E-state index in [4.69, 9.17) is 9.47 Å². The van der Waals surface area contributed by atoms with E-state index in [0.717, 1.165) is 25.8 Å². The van der Waals surface area contributed by atoms with E-state index >= 15 is 0 Å². The second kappa shape index (κ2) is 10.5. The van der Waals surface area contributed by atoms with Crippen molar-refractivity contribution in [1.29, 1.82) is 0 Å². The van der Waals surface area contributed by atoms with Gasteiger partial charge in [-0.05, 0) is 44.0 Å². The Balaban J connectivity index is 2.44. The Bertz CT molecular complexity index is 830. The van der Waals surface area contributed by atoms with Crippen molar-refractivity contribution in [2.75, 3.05) is 51.4 Å². The molecule has 1 amide bonds. The number of methoxy groups -OCH3 is 1. The largest absolute Gasteiger partial charge is 0.491 e. The summed E-state index contributed by atoms with van der Waals surface area (Å²) in [5.41, 5.74) is 0.648. The molecular weight excluding hydrogens is 406 g/mol. The van der Waals surface area contributed by atoms with Crippen LogP contribution in [0, 0.1) is 5.92 Å². The number of nitrogens with one attached hydrogen (secondary N) is 1. The maximum atomic E-state index is 13.2. The number of carbonyl (C=O) groups excluding carboxylic acids is 1. The Morgan fingerprint density at radius 2 is 1.97 bits per heavy atom. The first-order chi connectivity index (χ1) is 14.1. The molecule has 1 aliphatic heterocycles. The van der Waals surface area contributed by atoms with Crippen LogP contribution in [0.25, 0.3) is 0 Å². The van der Waals surface area contributed by atoms with Crippen LogP contribution in [0.5, 0.6) is 5.75 Å². The average Bonchev–Trinajstić information content (AvgIpc) is 2.67. The number of benzene rings is 1. The van der Waals surface area contributed by atoms with Gasteiger partial charge in [0.05, 0.1) is 17.9 Å². The minimum absolute atomic E-state index is 0.119. The molecule has 0 saturated heterocycles. The summed E-state index contributed by atoms with van der Waals surface area (Å²) in [6.07, 6.45) is 1.99. The summed E-state index contributed by atoms with van der Waals surface area (Å²) in [5, 5.41) is 0. The summed E-state index contributed by atoms with van der Waals surface area (Å²) < 4.78 is 37.4. The number of hydrogen-bond donors (Lipinski definition) is 1. The predicted molar refractivity (Wildman–Crippen MR) is 119 cm³/mol. The van der Waals surface area contributed by atoms with Gasteiger partial charge >= 0.3 is 0 Å². The number of amides is 1. The van der Waals surface area contributed by atoms with Crippen LogP contribution in [0.15, 0.2) is 18.2 Å². The minimum atomic E-state index is -3.46. The van der Waals surface area contributed by atoms with Crippen molar-refractivity contribution < 1.29 is 22.7 Å². The number of hydrogen-bond acceptors (Lipinski definition) is 6. The molecule has 0 spiro atoms. The summed E-state index contributed by atoms with van der Waals surface area (Å²) in [6, 6.07) is 4.93. The van der Waals surface area contributed by atoms with Gasteiger partial charge in [0, 0.05) is 39.0 Å². The number of fused-ring (bicyclic) bond motifs is 1. The van der Waals surface area contributed by atoms with Gasteiger partial charge in [-0.3, -0.25) is 14.4 Å². The molecule has 2 rings (SSSR count). The zero-order valence-corrected chi connectivity index (χ0v) is 19.7. The second-order valence-corrected chi connectivity index (χ2v) is 9.93. The van der Waals surface area contributed by atoms with Gasteiger partial charge < -0.3 is 14.4 Å². The topological polar surface area (TPSA) is 88.2 Å². The Hall–Kier alpha value is -1.84. The molecular formula is C21H35N3O5S. The van der Waals surface area contributed by atoms with Crippen LogP contribution in [0.3, 0.4) is 0 Å². The van der Waals surface area contributed by atoms with Crippen LogP contribution < -0.4 is 9.46 Å². The van der Waals surface area contributed by atoms with Crippen LogP contribution in [-0.2, 0) is 14.8 Å². The Labute approximate surface area is 180 Å². The van der Waals surface area contributed by atoms with Crippen molar-refractivity contribution in [2.45, 2.75) is 39.3 Å². The third-order valence-electron chi connectivity index (χ3n) is 5.39. The van der Waals surface area contributed by atoms with Gasteiger partial charge in [0.15, 0.2) is 0 Å². The lowest BCUT2D eigenvalue weighted by Crippen LogP contribution is -2.46. The lowest BCUT2D eigenvalue weighted by molar-refractivity contribution is 0.0108. The van der Waals surface area contributed by atoms with Crippen molar-refractivity contribution in [3.63, 3.8) is 0 Å². The predicted octanol–water partition coefficient (Wildman–Crippen LogP) is 2.27. The van der Waals surface area contributed by atoms with Gasteiger partial charge in [-0.25, -0.2) is 8.42 Å². The molecule has 30 heavy (non-hydrogen) atoms. The first-order valence-electron chi connectivity index (χ1n) is 10.3. The van der Waals surface area contributed by atoms with Crippen molar-refractivity contribution in [3.8, 4) is 5.75 Å². The zero-order chi connectivity index (χ0) is 22.5. The van der Waals surface area contributed by atoms with Crippen LogP contribution in [0.4, 0.5) is 5.69 Å². The monoisotopic (exact) mass is 441 g/mol. The molecule has 0 fully saturated rings. The van der Waals surface area contributed by atoms with E-state index < -0.39 is 10.0 Å². The lowest BCUT2D eigenvalue weighted by atomic mass is 10.0. The smallest absolute Gasteiger partial charge is 0.257 e. The molecule has 0 unspecified atom stereocenters. The van der Waals surface area contributed by atoms with Crippen LogP contribution >= 0.6 is 0 Å². The Morgan fingerprint density at radius 1 is 1.27 bits per heavy atom. The van der Waals surface area contributed by atoms with Crippen molar-refractivity contribution in [3.05, 3.63) is 23.8 Å². The quantitative estimate of drug-likeness (QED) is 0.754. The molecule has 0 radical (unpaired) electrons. The van der Waals surface area contributed by atoms with E-state index in [9.17, 15) is 13.2 Å². The molecule has 0 bridgehead atoms. The Morgan fingerprint density at radius 3 is 2.57 bits per heavy atom. The molecule has 0 aliphatic carbocycles. The molecule has 1 N–H and O–H groups in total. The van der Waals surface area contributed by atoms with Gasteiger partial charge in [-0.15, -0.1) is 0 Å². The molecule has 0 saturated carbocycles. The third kappa shape index (κ3) is 6.58. The molecule has 8 nitrogen and oxygen atoms in total. The number of ether oxygens (including phenoxy) is 2. The van der Waals surface area contributed by atoms with Crippen molar-refractivity contribution >= 4 is 21.6 Å². The SMILES string of the molecule is CCCN1C[C@@H](C)[C@@H](OC)CN(C)C(=O)c2cc(NS(C)(=O)=O)ccc2OC[C@H]1C. The molecule has 1 aromatic rings. The first-order valence-corrected chi connectivity index (χ1v) is 12.2. The van der Waals surface area contributed by atoms with E-state index in [1.54, 1.807) is 31.2 Å². The van der Waals surface area contributed by atoms with Crippen LogP contribution in [0.2, 0.25) is 0 Å². The normalized spacial score (nSPS) is 24.4. The summed E-state index contributed by atoms with van der Waals surface area (Å²) in [5.74, 6) is 0.420. The maximum absolute atomic E-state index is 13.2. The number of nitrogens with zero attached hydrogens (tertiary/aromatic N) is 2. The van der Waals surface area contributed by atoms with Gasteiger partial charge in [-0.2, -0.15) is 0 Å². The molecule has 1 aliphatic rings. The molecule has 1 heterocycles. The Kier molecular flexibility index (Phi) is 8.52. The summed E-state index contributed by atoms with van der Waals surface area (Å²) in [4.78, 5) is 17.2. The minimum Gasteiger partial charge on any atom is -0.491 e. The summed E-state index contributed by atoms with van der Waals surface area (Å²) >= 11 is 0. The highest BCUT2D eigenvalue weighted by Crippen LogP contribution is 2.26. The fourth-order valence-corrected chi connectivity index (χ4v) is 4.28. The highest BCUT2D eigenvalue weighted by molar-refractivity contribution is 7.92. The number of rotatable bonds is 5. The highest BCUT2D eigenvalue weighted by Gasteiger charge is 2.28. The van der Waals surface area contributed by atoms with Crippen LogP contribution in [0.1, 0.15) is 37.6 Å². The summed E-state index contributed by atoms with van der Waals surface area (Å²) in [6.45, 7) is 9.05. The van der Waals surface area contributed by atoms with Crippen molar-refractivity contribution in [2.24, 2.45) is 5.92 Å². The van der Waals surface area contributed by atoms with E-state index in [0.29, 0.717) is 30.2 Å². The molecule has 0 aromatic heterocycles. The fraction of sp³-hybridized carbons (Fsp3) is 0.667. The van der Waals surface area contributed by atoms with Gasteiger partial charge in [0.25, 0.3) is 5.91 Å². The van der Waals surface area contributed by atoms with Crippen LogP contribution in [-0.4, -0.2) is 82.9 Å². The molecule has 9 heteroatoms. The molecule has 1 aromatic carbocycles. The first kappa shape index (κ1) is 24.4. The lowest BCUT2D eigenvalue weighted by Gasteiger charge is -2.35. The molecule has 170 valence electrons. The van der Waals surface area contributed by atoms with Gasteiger partial charge in [-0.1, -0.05) is 13.8 Å². The number of sulfonamides is 1. The number of anilines is 1. The molecule has 3 atom stereocenters. The number of likely N-dealkylation sites (N-methyl/N-ethyl adjacent to an activating group) is 1. The van der Waals surface area contributed by atoms with Crippen molar-refractivity contribution in [1.82, 2.24) is 9.80 Å². The van der Waals surface area contributed by atoms with E-state index in [-0.39, 0.29) is 24.0 Å².